The van der Waals surface area contributed by atoms with Gasteiger partial charge in [0.25, 0.3) is 0 Å². The highest BCUT2D eigenvalue weighted by Crippen LogP contribution is 2.06. The van der Waals surface area contributed by atoms with Gasteiger partial charge in [0, 0.05) is 7.11 Å². The average Bonchev–Trinajstić information content (AvgIpc) is 1.90. The van der Waals surface area contributed by atoms with Crippen molar-refractivity contribution in [1.82, 2.24) is 0 Å². The topological polar surface area (TPSA) is 46.5 Å². The number of ether oxygens (including phenoxy) is 1. The van der Waals surface area contributed by atoms with Crippen molar-refractivity contribution < 1.29 is 14.6 Å². The zero-order valence-electron chi connectivity index (χ0n) is 6.20. The first-order chi connectivity index (χ1) is 4.63. The molecule has 10 heavy (non-hydrogen) atoms. The van der Waals surface area contributed by atoms with Crippen LogP contribution >= 0.6 is 0 Å². The van der Waals surface area contributed by atoms with Gasteiger partial charge in [0.05, 0.1) is 12.0 Å². The lowest BCUT2D eigenvalue weighted by molar-refractivity contribution is -0.144. The van der Waals surface area contributed by atoms with E-state index in [0.717, 1.165) is 0 Å². The van der Waals surface area contributed by atoms with E-state index in [4.69, 9.17) is 9.84 Å². The molecule has 0 spiro atoms. The maximum Gasteiger partial charge on any atom is 0.309 e. The molecular formula is C7H12O3. The third-order valence-electron chi connectivity index (χ3n) is 1.39. The minimum Gasteiger partial charge on any atom is -0.481 e. The van der Waals surface area contributed by atoms with Crippen LogP contribution in [0, 0.1) is 5.92 Å². The molecule has 0 saturated heterocycles. The SMILES string of the molecule is C=CC(OC)C(C)C(=O)O. The molecule has 0 saturated carbocycles. The number of methoxy groups -OCH3 is 1. The largest absolute Gasteiger partial charge is 0.481 e. The number of hydrogen-bond acceptors (Lipinski definition) is 2. The van der Waals surface area contributed by atoms with Gasteiger partial charge >= 0.3 is 5.97 Å². The summed E-state index contributed by atoms with van der Waals surface area (Å²) in [7, 11) is 1.46. The minimum absolute atomic E-state index is 0.391. The zero-order valence-corrected chi connectivity index (χ0v) is 6.20. The monoisotopic (exact) mass is 144 g/mol. The molecule has 0 bridgehead atoms. The second kappa shape index (κ2) is 4.06. The normalized spacial score (nSPS) is 15.8. The van der Waals surface area contributed by atoms with Crippen LogP contribution in [-0.2, 0) is 9.53 Å². The van der Waals surface area contributed by atoms with Gasteiger partial charge < -0.3 is 9.84 Å². The average molecular weight is 144 g/mol. The van der Waals surface area contributed by atoms with E-state index in [-0.39, 0.29) is 0 Å². The van der Waals surface area contributed by atoms with Crippen molar-refractivity contribution in [2.75, 3.05) is 7.11 Å². The lowest BCUT2D eigenvalue weighted by atomic mass is 10.1. The molecule has 1 N–H and O–H groups in total. The van der Waals surface area contributed by atoms with Gasteiger partial charge in [-0.3, -0.25) is 4.79 Å². The smallest absolute Gasteiger partial charge is 0.309 e. The van der Waals surface area contributed by atoms with Crippen molar-refractivity contribution in [2.24, 2.45) is 5.92 Å². The first-order valence-corrected chi connectivity index (χ1v) is 3.01. The third-order valence-corrected chi connectivity index (χ3v) is 1.39. The highest BCUT2D eigenvalue weighted by molar-refractivity contribution is 5.70. The molecule has 0 aromatic heterocycles. The Balaban J connectivity index is 4.00. The van der Waals surface area contributed by atoms with Gasteiger partial charge in [-0.15, -0.1) is 6.58 Å². The Morgan fingerprint density at radius 2 is 2.30 bits per heavy atom. The molecule has 0 amide bonds. The highest BCUT2D eigenvalue weighted by Gasteiger charge is 2.19. The van der Waals surface area contributed by atoms with Crippen molar-refractivity contribution >= 4 is 5.97 Å². The summed E-state index contributed by atoms with van der Waals surface area (Å²) < 4.78 is 4.82. The molecular weight excluding hydrogens is 132 g/mol. The summed E-state index contributed by atoms with van der Waals surface area (Å²) in [4.78, 5) is 10.3. The van der Waals surface area contributed by atoms with Crippen LogP contribution in [0.15, 0.2) is 12.7 Å². The fraction of sp³-hybridized carbons (Fsp3) is 0.571. The molecule has 0 radical (unpaired) electrons. The van der Waals surface area contributed by atoms with Crippen LogP contribution in [0.25, 0.3) is 0 Å². The molecule has 0 heterocycles. The second-order valence-electron chi connectivity index (χ2n) is 2.06. The Morgan fingerprint density at radius 1 is 1.80 bits per heavy atom. The molecule has 0 aliphatic rings. The molecule has 0 aliphatic heterocycles. The van der Waals surface area contributed by atoms with Crippen molar-refractivity contribution in [3.63, 3.8) is 0 Å². The summed E-state index contributed by atoms with van der Waals surface area (Å²) in [6.45, 7) is 5.03. The maximum absolute atomic E-state index is 10.3. The van der Waals surface area contributed by atoms with Crippen molar-refractivity contribution in [1.29, 1.82) is 0 Å². The second-order valence-corrected chi connectivity index (χ2v) is 2.06. The lowest BCUT2D eigenvalue weighted by Gasteiger charge is -2.13. The molecule has 2 atom stereocenters. The van der Waals surface area contributed by atoms with Gasteiger partial charge in [-0.2, -0.15) is 0 Å². The van der Waals surface area contributed by atoms with Crippen molar-refractivity contribution in [3.8, 4) is 0 Å². The first-order valence-electron chi connectivity index (χ1n) is 3.01. The molecule has 58 valence electrons. The van der Waals surface area contributed by atoms with Gasteiger partial charge in [-0.05, 0) is 6.92 Å². The van der Waals surface area contributed by atoms with Gasteiger partial charge in [-0.25, -0.2) is 0 Å². The number of aliphatic carboxylic acids is 1. The Morgan fingerprint density at radius 3 is 2.40 bits per heavy atom. The number of carboxylic acids is 1. The first kappa shape index (κ1) is 9.17. The fourth-order valence-corrected chi connectivity index (χ4v) is 0.645. The lowest BCUT2D eigenvalue weighted by Crippen LogP contribution is -2.25. The van der Waals surface area contributed by atoms with E-state index in [9.17, 15) is 4.79 Å². The summed E-state index contributed by atoms with van der Waals surface area (Å²) >= 11 is 0. The molecule has 3 heteroatoms. The van der Waals surface area contributed by atoms with Crippen LogP contribution < -0.4 is 0 Å². The van der Waals surface area contributed by atoms with Crippen LogP contribution in [-0.4, -0.2) is 24.3 Å². The van der Waals surface area contributed by atoms with Gasteiger partial charge in [0.15, 0.2) is 0 Å². The van der Waals surface area contributed by atoms with Gasteiger partial charge in [0.2, 0.25) is 0 Å². The summed E-state index contributed by atoms with van der Waals surface area (Å²) in [5.74, 6) is -1.39. The Bertz CT molecular complexity index is 131. The van der Waals surface area contributed by atoms with E-state index >= 15 is 0 Å². The molecule has 2 unspecified atom stereocenters. The van der Waals surface area contributed by atoms with Gasteiger partial charge in [-0.1, -0.05) is 6.08 Å². The van der Waals surface area contributed by atoms with Crippen LogP contribution in [0.4, 0.5) is 0 Å². The molecule has 3 nitrogen and oxygen atoms in total. The number of carbonyl (C=O) groups is 1. The third kappa shape index (κ3) is 2.19. The molecule has 0 rings (SSSR count). The quantitative estimate of drug-likeness (QED) is 0.596. The minimum atomic E-state index is -0.869. The van der Waals surface area contributed by atoms with E-state index in [2.05, 4.69) is 6.58 Å². The summed E-state index contributed by atoms with van der Waals surface area (Å²) in [5, 5.41) is 8.49. The number of rotatable bonds is 4. The zero-order chi connectivity index (χ0) is 8.15. The van der Waals surface area contributed by atoms with Crippen LogP contribution in [0.1, 0.15) is 6.92 Å². The Kier molecular flexibility index (Phi) is 3.72. The maximum atomic E-state index is 10.3. The fourth-order valence-electron chi connectivity index (χ4n) is 0.645. The number of hydrogen-bond donors (Lipinski definition) is 1. The van der Waals surface area contributed by atoms with Crippen LogP contribution in [0.5, 0.6) is 0 Å². The van der Waals surface area contributed by atoms with E-state index in [1.807, 2.05) is 0 Å². The van der Waals surface area contributed by atoms with E-state index in [1.54, 1.807) is 6.92 Å². The van der Waals surface area contributed by atoms with Gasteiger partial charge in [0.1, 0.15) is 0 Å². The molecule has 0 aromatic rings. The summed E-state index contributed by atoms with van der Waals surface area (Å²) in [6, 6.07) is 0. The Labute approximate surface area is 60.3 Å². The van der Waals surface area contributed by atoms with E-state index < -0.39 is 18.0 Å². The highest BCUT2D eigenvalue weighted by atomic mass is 16.5. The van der Waals surface area contributed by atoms with Crippen LogP contribution in [0.3, 0.4) is 0 Å². The number of carboxylic acid groups (broad SMARTS) is 1. The summed E-state index contributed by atoms with van der Waals surface area (Å²) in [5.41, 5.74) is 0. The predicted molar refractivity (Wildman–Crippen MR) is 37.8 cm³/mol. The standard InChI is InChI=1S/C7H12O3/c1-4-6(10-3)5(2)7(8)9/h4-6H,1H2,2-3H3,(H,8,9). The molecule has 0 aromatic carbocycles. The molecule has 0 fully saturated rings. The van der Waals surface area contributed by atoms with Crippen molar-refractivity contribution in [3.05, 3.63) is 12.7 Å². The summed E-state index contributed by atoms with van der Waals surface area (Å²) in [6.07, 6.45) is 1.09. The molecule has 0 aliphatic carbocycles. The van der Waals surface area contributed by atoms with E-state index in [1.165, 1.54) is 13.2 Å². The predicted octanol–water partition coefficient (Wildman–Crippen LogP) is 0.908. The van der Waals surface area contributed by atoms with E-state index in [0.29, 0.717) is 0 Å². The Hall–Kier alpha value is -0.830. The van der Waals surface area contributed by atoms with Crippen molar-refractivity contribution in [2.45, 2.75) is 13.0 Å². The van der Waals surface area contributed by atoms with Crippen LogP contribution in [0.2, 0.25) is 0 Å².